The third kappa shape index (κ3) is 10.5. The first-order chi connectivity index (χ1) is 21.9. The zero-order chi connectivity index (χ0) is 33.0. The largest absolute Gasteiger partial charge is 1.00 e. The molecular formula is C35H49Cl4LiN6O3. The maximum atomic E-state index is 11.6. The number of benzene rings is 2. The quantitative estimate of drug-likeness (QED) is 0.162. The number of aromatic nitrogens is 6. The predicted octanol–water partition coefficient (Wildman–Crippen LogP) is 0.764. The fraction of sp³-hybridized carbons (Fsp3) is 0.543. The van der Waals surface area contributed by atoms with Gasteiger partial charge in [-0.3, -0.25) is 9.36 Å². The minimum atomic E-state index is -1.37. The minimum absolute atomic E-state index is 0. The molecule has 2 aromatic carbocycles. The van der Waals surface area contributed by atoms with Crippen molar-refractivity contribution in [2.75, 3.05) is 12.5 Å². The monoisotopic (exact) mass is 750 g/mol. The number of rotatable bonds is 10. The molecular weight excluding hydrogens is 701 g/mol. The van der Waals surface area contributed by atoms with Crippen molar-refractivity contribution < 1.29 is 48.0 Å². The van der Waals surface area contributed by atoms with E-state index in [9.17, 15) is 15.3 Å². The summed E-state index contributed by atoms with van der Waals surface area (Å²) in [4.78, 5) is 7.87. The fourth-order valence-corrected chi connectivity index (χ4v) is 7.58. The van der Waals surface area contributed by atoms with Crippen LogP contribution < -0.4 is 31.3 Å². The summed E-state index contributed by atoms with van der Waals surface area (Å²) in [7, 11) is 0. The van der Waals surface area contributed by atoms with Crippen LogP contribution in [-0.4, -0.2) is 68.5 Å². The van der Waals surface area contributed by atoms with Gasteiger partial charge in [-0.25, -0.2) is 9.97 Å². The van der Waals surface area contributed by atoms with E-state index in [1.54, 1.807) is 11.0 Å². The van der Waals surface area contributed by atoms with Crippen LogP contribution in [0.1, 0.15) is 60.0 Å². The van der Waals surface area contributed by atoms with Crippen molar-refractivity contribution in [2.45, 2.75) is 84.6 Å². The first kappa shape index (κ1) is 43.5. The second-order valence-corrected chi connectivity index (χ2v) is 13.8. The van der Waals surface area contributed by atoms with Gasteiger partial charge in [-0.15, -0.1) is 11.6 Å². The zero-order valence-electron chi connectivity index (χ0n) is 27.7. The molecule has 2 fully saturated rings. The molecule has 2 aromatic heterocycles. The Kier molecular flexibility index (Phi) is 17.6. The molecule has 0 spiro atoms. The van der Waals surface area contributed by atoms with E-state index in [1.165, 1.54) is 29.2 Å². The second-order valence-electron chi connectivity index (χ2n) is 12.6. The molecule has 49 heavy (non-hydrogen) atoms. The zero-order valence-corrected chi connectivity index (χ0v) is 29.7. The van der Waals surface area contributed by atoms with Gasteiger partial charge in [-0.1, -0.05) is 69.2 Å². The van der Waals surface area contributed by atoms with E-state index in [4.69, 9.17) is 36.2 Å². The molecule has 9 nitrogen and oxygen atoms in total. The van der Waals surface area contributed by atoms with Crippen LogP contribution in [0.15, 0.2) is 73.8 Å². The Labute approximate surface area is 325 Å². The second kappa shape index (κ2) is 19.8. The van der Waals surface area contributed by atoms with Crippen LogP contribution in [0.5, 0.6) is 0 Å². The van der Waals surface area contributed by atoms with Crippen molar-refractivity contribution in [3.05, 3.63) is 95.0 Å². The normalized spacial score (nSPS) is 28.8. The summed E-state index contributed by atoms with van der Waals surface area (Å²) in [6.45, 7) is 2.25. The molecule has 4 aromatic rings. The van der Waals surface area contributed by atoms with Crippen molar-refractivity contribution in [1.82, 2.24) is 29.5 Å². The van der Waals surface area contributed by atoms with Crippen LogP contribution in [0.4, 0.5) is 0 Å². The van der Waals surface area contributed by atoms with Gasteiger partial charge in [-0.2, -0.15) is 10.2 Å². The molecule has 2 heterocycles. The predicted molar refractivity (Wildman–Crippen MR) is 189 cm³/mol. The maximum Gasteiger partial charge on any atom is 1.00 e. The van der Waals surface area contributed by atoms with Gasteiger partial charge < -0.3 is 27.7 Å². The molecule has 2 aliphatic rings. The van der Waals surface area contributed by atoms with Crippen LogP contribution in [0.25, 0.3) is 0 Å². The summed E-state index contributed by atoms with van der Waals surface area (Å²) in [5, 5.41) is 42.2. The Morgan fingerprint density at radius 2 is 1.31 bits per heavy atom. The number of aliphatic hydroxyl groups is 3. The first-order valence-corrected chi connectivity index (χ1v) is 16.5. The topological polar surface area (TPSA) is 122 Å². The summed E-state index contributed by atoms with van der Waals surface area (Å²) >= 11 is 18.1. The van der Waals surface area contributed by atoms with Gasteiger partial charge in [0.05, 0.1) is 24.3 Å². The molecule has 0 bridgehead atoms. The number of hydrogen-bond acceptors (Lipinski definition) is 7. The van der Waals surface area contributed by atoms with Crippen LogP contribution in [0.3, 0.4) is 0 Å². The average Bonchev–Trinajstić information content (AvgIpc) is 3.84. The van der Waals surface area contributed by atoms with Gasteiger partial charge in [0.25, 0.3) is 0 Å². The molecule has 0 aliphatic heterocycles. The Hall–Kier alpha value is -1.64. The van der Waals surface area contributed by atoms with Crippen molar-refractivity contribution in [2.24, 2.45) is 23.1 Å². The Morgan fingerprint density at radius 1 is 0.816 bits per heavy atom. The number of nitrogens with zero attached hydrogens (tertiary/aromatic N) is 6. The summed E-state index contributed by atoms with van der Waals surface area (Å²) in [5.41, 5.74) is -0.386. The SMILES string of the molecule is C.C.CC1(CCl)CCC(Cc2ccc(Cl)cc2)C1(O)Cn1cncn1.[3H]C1(CO)CCC(Cc2ccc(Cl)cc2)C1(O)Cn1cncn1.[Cl-].[Li+]. The molecule has 2 saturated carbocycles. The summed E-state index contributed by atoms with van der Waals surface area (Å²) in [5.74, 6) is -0.889. The maximum absolute atomic E-state index is 11.6. The van der Waals surface area contributed by atoms with Crippen molar-refractivity contribution in [3.8, 4) is 0 Å². The molecule has 6 rings (SSSR count). The molecule has 0 amide bonds. The molecule has 2 aliphatic carbocycles. The van der Waals surface area contributed by atoms with Gasteiger partial charge in [-0.05, 0) is 85.8 Å². The van der Waals surface area contributed by atoms with Gasteiger partial charge in [0.2, 0.25) is 0 Å². The third-order valence-corrected chi connectivity index (χ3v) is 11.0. The van der Waals surface area contributed by atoms with Crippen LogP contribution >= 0.6 is 34.8 Å². The van der Waals surface area contributed by atoms with Crippen LogP contribution in [0.2, 0.25) is 10.0 Å². The van der Waals surface area contributed by atoms with E-state index < -0.39 is 17.1 Å². The molecule has 0 radical (unpaired) electrons. The van der Waals surface area contributed by atoms with Crippen molar-refractivity contribution in [1.29, 1.82) is 0 Å². The molecule has 3 N–H and O–H groups in total. The standard InChI is InChI=1S/C17H21Cl2N3O.C16H20ClN3O2.2CH4.ClH.Li/c1-16(9-18)7-6-14(8-13-2-4-15(19)5-3-13)17(16,23)10-22-12-20-11-21-22;17-15-5-1-12(2-6-15)7-13-3-4-14(8-21)16(13,22)9-20-11-18-10-19-20;;;;/h2-5,11-12,14,23H,6-10H2,1H3;1-2,5-6,10-11,13-14,21-22H,3-4,7-9H2;2*1H4;1H;/q;;;;;+1/p-1/i;14T;;;;. The molecule has 14 heteroatoms. The third-order valence-electron chi connectivity index (χ3n) is 9.86. The average molecular weight is 753 g/mol. The van der Waals surface area contributed by atoms with E-state index in [-0.39, 0.29) is 76.5 Å². The van der Waals surface area contributed by atoms with Gasteiger partial charge >= 0.3 is 18.9 Å². The smallest absolute Gasteiger partial charge is 1.00 e. The number of hydrogen-bond donors (Lipinski definition) is 3. The summed E-state index contributed by atoms with van der Waals surface area (Å²) in [6.07, 6.45) is 10.5. The van der Waals surface area contributed by atoms with Crippen molar-refractivity contribution in [3.63, 3.8) is 0 Å². The number of alkyl halides is 1. The van der Waals surface area contributed by atoms with Crippen LogP contribution in [-0.2, 0) is 25.9 Å². The fourth-order valence-electron chi connectivity index (χ4n) is 6.97. The van der Waals surface area contributed by atoms with Gasteiger partial charge in [0, 0.05) is 35.2 Å². The minimum Gasteiger partial charge on any atom is -1.00 e. The number of halogens is 4. The van der Waals surface area contributed by atoms with Crippen LogP contribution in [0, 0.1) is 23.1 Å². The summed E-state index contributed by atoms with van der Waals surface area (Å²) in [6, 6.07) is 15.3. The van der Waals surface area contributed by atoms with Crippen molar-refractivity contribution >= 4 is 34.8 Å². The molecule has 6 unspecified atom stereocenters. The Morgan fingerprint density at radius 3 is 1.76 bits per heavy atom. The van der Waals surface area contributed by atoms with E-state index in [2.05, 4.69) is 27.1 Å². The first-order valence-electron chi connectivity index (χ1n) is 15.7. The Balaban J connectivity index is 0.000000463. The van der Waals surface area contributed by atoms with E-state index >= 15 is 0 Å². The molecule has 0 saturated heterocycles. The number of aliphatic hydroxyl groups excluding tert-OH is 1. The van der Waals surface area contributed by atoms with E-state index in [0.717, 1.165) is 29.8 Å². The summed E-state index contributed by atoms with van der Waals surface area (Å²) < 4.78 is 11.8. The molecule has 266 valence electrons. The molecule has 6 atom stereocenters. The van der Waals surface area contributed by atoms with E-state index in [0.29, 0.717) is 36.7 Å². The Bertz CT molecular complexity index is 1430. The van der Waals surface area contributed by atoms with Gasteiger partial charge in [0.15, 0.2) is 0 Å². The van der Waals surface area contributed by atoms with E-state index in [1.807, 2.05) is 48.5 Å². The van der Waals surface area contributed by atoms with Gasteiger partial charge in [0.1, 0.15) is 25.3 Å².